The van der Waals surface area contributed by atoms with Crippen LogP contribution in [0.3, 0.4) is 0 Å². The second-order valence-corrected chi connectivity index (χ2v) is 10.0. The Morgan fingerprint density at radius 1 is 1.32 bits per heavy atom. The highest BCUT2D eigenvalue weighted by Gasteiger charge is 2.40. The Kier molecular flexibility index (Phi) is 9.32. The third-order valence-corrected chi connectivity index (χ3v) is 7.11. The molecule has 1 aromatic rings. The lowest BCUT2D eigenvalue weighted by Crippen LogP contribution is -2.57. The summed E-state index contributed by atoms with van der Waals surface area (Å²) in [5.41, 5.74) is 0. The van der Waals surface area contributed by atoms with Crippen LogP contribution in [0.2, 0.25) is 0 Å². The van der Waals surface area contributed by atoms with E-state index >= 15 is 0 Å². The lowest BCUT2D eigenvalue weighted by atomic mass is 10.2. The Labute approximate surface area is 185 Å². The molecule has 1 N–H and O–H groups in total. The van der Waals surface area contributed by atoms with Crippen LogP contribution in [0.4, 0.5) is 0 Å². The first kappa shape index (κ1) is 24.8. The molecule has 1 aliphatic rings. The lowest BCUT2D eigenvalue weighted by Gasteiger charge is -2.39. The number of aliphatic imine (C=N–C) groups is 1. The van der Waals surface area contributed by atoms with Gasteiger partial charge in [0.2, 0.25) is 0 Å². The summed E-state index contributed by atoms with van der Waals surface area (Å²) in [7, 11) is -1.47. The minimum atomic E-state index is -3.09. The number of sulfone groups is 1. The number of methoxy groups -OCH3 is 1. The first-order valence-corrected chi connectivity index (χ1v) is 10.9. The molecule has 28 heavy (non-hydrogen) atoms. The topological polar surface area (TPSA) is 80.2 Å². The standard InChI is InChI=1S/C19H31N3O4S.HI/c1-6-20-18(22-11-12-27(23,24)19(3,4)14-22)21-13-15(2)26-17-10-8-7-9-16(17)25-5;/h7-10,15H,6,11-14H2,1-5H3,(H,20,21);1H. The second kappa shape index (κ2) is 10.5. The van der Waals surface area contributed by atoms with Gasteiger partial charge < -0.3 is 19.7 Å². The molecule has 7 nitrogen and oxygen atoms in total. The van der Waals surface area contributed by atoms with Crippen LogP contribution in [0, 0.1) is 0 Å². The summed E-state index contributed by atoms with van der Waals surface area (Å²) >= 11 is 0. The zero-order valence-electron chi connectivity index (χ0n) is 17.3. The van der Waals surface area contributed by atoms with E-state index in [2.05, 4.69) is 10.3 Å². The fourth-order valence-corrected chi connectivity index (χ4v) is 4.30. The van der Waals surface area contributed by atoms with Crippen molar-refractivity contribution >= 4 is 39.8 Å². The molecule has 0 aliphatic carbocycles. The van der Waals surface area contributed by atoms with Crippen molar-refractivity contribution in [2.45, 2.75) is 38.5 Å². The summed E-state index contributed by atoms with van der Waals surface area (Å²) in [6, 6.07) is 7.51. The SMILES string of the molecule is CCNC(=NCC(C)Oc1ccccc1OC)N1CCS(=O)(=O)C(C)(C)C1.I. The maximum Gasteiger partial charge on any atom is 0.194 e. The molecular weight excluding hydrogens is 493 g/mol. The van der Waals surface area contributed by atoms with Gasteiger partial charge in [0, 0.05) is 19.6 Å². The number of nitrogens with one attached hydrogen (secondary N) is 1. The monoisotopic (exact) mass is 525 g/mol. The Morgan fingerprint density at radius 2 is 1.96 bits per heavy atom. The van der Waals surface area contributed by atoms with E-state index in [-0.39, 0.29) is 35.8 Å². The zero-order valence-corrected chi connectivity index (χ0v) is 20.4. The van der Waals surface area contributed by atoms with Gasteiger partial charge in [0.1, 0.15) is 6.10 Å². The number of hydrogen-bond acceptors (Lipinski definition) is 5. The van der Waals surface area contributed by atoms with Crippen LogP contribution in [0.25, 0.3) is 0 Å². The van der Waals surface area contributed by atoms with E-state index in [9.17, 15) is 8.42 Å². The molecule has 160 valence electrons. The fourth-order valence-electron chi connectivity index (χ4n) is 2.94. The Balaban J connectivity index is 0.00000392. The molecule has 1 aromatic carbocycles. The molecule has 1 unspecified atom stereocenters. The molecule has 0 amide bonds. The van der Waals surface area contributed by atoms with E-state index in [0.29, 0.717) is 37.7 Å². The number of para-hydroxylation sites is 2. The van der Waals surface area contributed by atoms with E-state index < -0.39 is 14.6 Å². The molecule has 9 heteroatoms. The highest BCUT2D eigenvalue weighted by molar-refractivity contribution is 14.0. The van der Waals surface area contributed by atoms with Gasteiger partial charge in [0.25, 0.3) is 0 Å². The summed E-state index contributed by atoms with van der Waals surface area (Å²) in [4.78, 5) is 6.69. The molecule has 1 heterocycles. The van der Waals surface area contributed by atoms with E-state index in [4.69, 9.17) is 9.47 Å². The number of halogens is 1. The molecule has 0 radical (unpaired) electrons. The molecule has 1 atom stereocenters. The number of ether oxygens (including phenoxy) is 2. The molecule has 1 saturated heterocycles. The van der Waals surface area contributed by atoms with Gasteiger partial charge in [-0.25, -0.2) is 13.4 Å². The van der Waals surface area contributed by atoms with Crippen molar-refractivity contribution in [3.8, 4) is 11.5 Å². The first-order valence-electron chi connectivity index (χ1n) is 9.25. The predicted molar refractivity (Wildman–Crippen MR) is 124 cm³/mol. The average molecular weight is 525 g/mol. The summed E-state index contributed by atoms with van der Waals surface area (Å²) in [6.07, 6.45) is -0.156. The van der Waals surface area contributed by atoms with Crippen LogP contribution in [0.5, 0.6) is 11.5 Å². The van der Waals surface area contributed by atoms with Gasteiger partial charge in [-0.15, -0.1) is 24.0 Å². The van der Waals surface area contributed by atoms with Crippen molar-refractivity contribution in [2.75, 3.05) is 39.0 Å². The van der Waals surface area contributed by atoms with Crippen molar-refractivity contribution in [3.63, 3.8) is 0 Å². The second-order valence-electron chi connectivity index (χ2n) is 7.27. The highest BCUT2D eigenvalue weighted by atomic mass is 127. The van der Waals surface area contributed by atoms with Gasteiger partial charge in [-0.1, -0.05) is 12.1 Å². The molecule has 0 spiro atoms. The van der Waals surface area contributed by atoms with Crippen molar-refractivity contribution in [3.05, 3.63) is 24.3 Å². The van der Waals surface area contributed by atoms with E-state index in [1.165, 1.54) is 0 Å². The third-order valence-electron chi connectivity index (χ3n) is 4.57. The Morgan fingerprint density at radius 3 is 2.54 bits per heavy atom. The summed E-state index contributed by atoms with van der Waals surface area (Å²) in [5, 5.41) is 3.26. The summed E-state index contributed by atoms with van der Waals surface area (Å²) < 4.78 is 35.0. The number of hydrogen-bond donors (Lipinski definition) is 1. The van der Waals surface area contributed by atoms with E-state index in [0.717, 1.165) is 5.96 Å². The summed E-state index contributed by atoms with van der Waals surface area (Å²) in [5.74, 6) is 2.22. The zero-order chi connectivity index (χ0) is 20.1. The maximum absolute atomic E-state index is 12.2. The van der Waals surface area contributed by atoms with Gasteiger partial charge in [-0.05, 0) is 39.8 Å². The number of nitrogens with zero attached hydrogens (tertiary/aromatic N) is 2. The van der Waals surface area contributed by atoms with Crippen molar-refractivity contribution < 1.29 is 17.9 Å². The van der Waals surface area contributed by atoms with Gasteiger partial charge in [0.15, 0.2) is 27.3 Å². The van der Waals surface area contributed by atoms with Crippen LogP contribution in [-0.4, -0.2) is 69.2 Å². The van der Waals surface area contributed by atoms with Gasteiger partial charge in [-0.3, -0.25) is 0 Å². The molecule has 1 aliphatic heterocycles. The number of benzene rings is 1. The minimum Gasteiger partial charge on any atom is -0.493 e. The molecule has 0 saturated carbocycles. The predicted octanol–water partition coefficient (Wildman–Crippen LogP) is 2.56. The van der Waals surface area contributed by atoms with Gasteiger partial charge >= 0.3 is 0 Å². The Hall–Kier alpha value is -1.23. The van der Waals surface area contributed by atoms with Crippen LogP contribution >= 0.6 is 24.0 Å². The first-order chi connectivity index (χ1) is 12.7. The molecule has 0 bridgehead atoms. The van der Waals surface area contributed by atoms with E-state index in [1.807, 2.05) is 43.0 Å². The molecule has 0 aromatic heterocycles. The summed E-state index contributed by atoms with van der Waals surface area (Å²) in [6.45, 7) is 9.51. The normalized spacial score (nSPS) is 19.3. The van der Waals surface area contributed by atoms with Crippen LogP contribution in [-0.2, 0) is 9.84 Å². The molecule has 2 rings (SSSR count). The van der Waals surface area contributed by atoms with Gasteiger partial charge in [-0.2, -0.15) is 0 Å². The molecule has 1 fully saturated rings. The fraction of sp³-hybridized carbons (Fsp3) is 0.632. The van der Waals surface area contributed by atoms with Crippen molar-refractivity contribution in [1.82, 2.24) is 10.2 Å². The van der Waals surface area contributed by atoms with Crippen LogP contribution in [0.1, 0.15) is 27.7 Å². The molecular formula is C19H32IN3O4S. The van der Waals surface area contributed by atoms with Crippen molar-refractivity contribution in [2.24, 2.45) is 4.99 Å². The third kappa shape index (κ3) is 6.13. The number of rotatable bonds is 6. The quantitative estimate of drug-likeness (QED) is 0.350. The van der Waals surface area contributed by atoms with Crippen LogP contribution < -0.4 is 14.8 Å². The van der Waals surface area contributed by atoms with Crippen molar-refractivity contribution in [1.29, 1.82) is 0 Å². The maximum atomic E-state index is 12.2. The largest absolute Gasteiger partial charge is 0.493 e. The smallest absolute Gasteiger partial charge is 0.194 e. The van der Waals surface area contributed by atoms with Crippen LogP contribution in [0.15, 0.2) is 29.3 Å². The van der Waals surface area contributed by atoms with Gasteiger partial charge in [0.05, 0.1) is 24.2 Å². The lowest BCUT2D eigenvalue weighted by molar-refractivity contribution is 0.218. The minimum absolute atomic E-state index is 0. The highest BCUT2D eigenvalue weighted by Crippen LogP contribution is 2.27. The Bertz CT molecular complexity index is 768. The number of guanidine groups is 1. The van der Waals surface area contributed by atoms with E-state index in [1.54, 1.807) is 21.0 Å². The average Bonchev–Trinajstić information content (AvgIpc) is 2.61.